The molecule has 15 heteroatoms. The van der Waals surface area contributed by atoms with Gasteiger partial charge >= 0.3 is 18.3 Å². The number of aromatic nitrogens is 5. The van der Waals surface area contributed by atoms with Gasteiger partial charge in [-0.15, -0.1) is 0 Å². The maximum absolute atomic E-state index is 13.8. The highest BCUT2D eigenvalue weighted by molar-refractivity contribution is 5.85. The van der Waals surface area contributed by atoms with Crippen LogP contribution >= 0.6 is 0 Å². The number of ether oxygens (including phenoxy) is 1. The van der Waals surface area contributed by atoms with Gasteiger partial charge < -0.3 is 25.2 Å². The second-order valence-corrected chi connectivity index (χ2v) is 10.7. The van der Waals surface area contributed by atoms with Crippen molar-refractivity contribution >= 4 is 23.7 Å². The molecule has 12 nitrogen and oxygen atoms in total. The Hall–Kier alpha value is -4.27. The van der Waals surface area contributed by atoms with Crippen molar-refractivity contribution in [3.05, 3.63) is 42.5 Å². The van der Waals surface area contributed by atoms with E-state index in [-0.39, 0.29) is 36.4 Å². The van der Waals surface area contributed by atoms with Gasteiger partial charge in [0.1, 0.15) is 17.2 Å². The van der Waals surface area contributed by atoms with Gasteiger partial charge in [-0.3, -0.25) is 4.90 Å². The second kappa shape index (κ2) is 12.9. The first kappa shape index (κ1) is 30.2. The van der Waals surface area contributed by atoms with Crippen molar-refractivity contribution in [2.45, 2.75) is 69.3 Å². The van der Waals surface area contributed by atoms with Crippen molar-refractivity contribution in [3.8, 4) is 17.1 Å². The van der Waals surface area contributed by atoms with Gasteiger partial charge in [0.15, 0.2) is 0 Å². The van der Waals surface area contributed by atoms with E-state index >= 15 is 0 Å². The van der Waals surface area contributed by atoms with Gasteiger partial charge in [-0.05, 0) is 57.1 Å². The number of aliphatic hydroxyl groups excluding tert-OH is 1. The fourth-order valence-corrected chi connectivity index (χ4v) is 5.55. The van der Waals surface area contributed by atoms with Gasteiger partial charge in [-0.2, -0.15) is 18.2 Å². The number of nitrogens with one attached hydrogen (secondary N) is 1. The lowest BCUT2D eigenvalue weighted by atomic mass is 9.90. The summed E-state index contributed by atoms with van der Waals surface area (Å²) in [4.78, 5) is 35.8. The van der Waals surface area contributed by atoms with Gasteiger partial charge in [0.05, 0.1) is 13.2 Å². The Morgan fingerprint density at radius 3 is 2.33 bits per heavy atom. The van der Waals surface area contributed by atoms with E-state index in [0.29, 0.717) is 62.9 Å². The van der Waals surface area contributed by atoms with Crippen LogP contribution in [0.3, 0.4) is 0 Å². The summed E-state index contributed by atoms with van der Waals surface area (Å²) in [6, 6.07) is 3.15. The van der Waals surface area contributed by atoms with E-state index in [4.69, 9.17) is 4.74 Å². The van der Waals surface area contributed by atoms with Crippen LogP contribution in [0.1, 0.15) is 50.5 Å². The molecule has 3 aromatic rings. The van der Waals surface area contributed by atoms with E-state index in [1.807, 2.05) is 0 Å². The zero-order valence-electron chi connectivity index (χ0n) is 23.5. The minimum Gasteiger partial charge on any atom is -0.467 e. The minimum absolute atomic E-state index is 0.0890. The number of nitrogens with zero attached hydrogens (tertiary/aromatic N) is 7. The molecule has 0 spiro atoms. The van der Waals surface area contributed by atoms with Gasteiger partial charge in [0.25, 0.3) is 0 Å². The Kier molecular flexibility index (Phi) is 9.08. The third-order valence-electron chi connectivity index (χ3n) is 7.81. The Morgan fingerprint density at radius 2 is 1.70 bits per heavy atom. The number of methoxy groups -OCH3 is 1. The molecule has 1 atom stereocenters. The molecule has 230 valence electrons. The first-order valence-electron chi connectivity index (χ1n) is 14.1. The predicted molar refractivity (Wildman–Crippen MR) is 151 cm³/mol. The standard InChI is InChI=1S/C28H33F3N8O4/c1-43-26-34-14-18(15-35-26)17-4-9-23(32-13-17)39(27(41)42)20-7-5-19(6-8-20)36-25-33-16-22(28(29,30)31)24(37-25)38-11-2-3-21(40)10-12-38/h4,9,13-16,19-21,40H,2-3,5-8,10-12H2,1H3,(H,41,42)(H,33,36,37)/t19-,20-,21?. The number of amides is 1. The average molecular weight is 603 g/mol. The lowest BCUT2D eigenvalue weighted by molar-refractivity contribution is -0.137. The first-order chi connectivity index (χ1) is 20.6. The Balaban J connectivity index is 1.25. The van der Waals surface area contributed by atoms with Crippen LogP contribution in [0.15, 0.2) is 36.9 Å². The summed E-state index contributed by atoms with van der Waals surface area (Å²) >= 11 is 0. The molecule has 43 heavy (non-hydrogen) atoms. The smallest absolute Gasteiger partial charge is 0.421 e. The van der Waals surface area contributed by atoms with Crippen molar-refractivity contribution in [2.75, 3.05) is 35.3 Å². The SMILES string of the molecule is COc1ncc(-c2ccc(N(C(=O)O)[C@H]3CC[C@H](Nc4ncc(C(F)(F)F)c(N5CCCC(O)CC5)n4)CC3)nc2)cn1. The van der Waals surface area contributed by atoms with Crippen LogP contribution < -0.4 is 19.9 Å². The largest absolute Gasteiger partial charge is 0.467 e. The molecular formula is C28H33F3N8O4. The molecule has 1 aliphatic heterocycles. The zero-order valence-corrected chi connectivity index (χ0v) is 23.5. The number of pyridine rings is 1. The van der Waals surface area contributed by atoms with Crippen molar-refractivity contribution in [1.82, 2.24) is 24.9 Å². The molecule has 0 radical (unpaired) electrons. The summed E-state index contributed by atoms with van der Waals surface area (Å²) in [6.45, 7) is 0.620. The highest BCUT2D eigenvalue weighted by Gasteiger charge is 2.38. The number of hydrogen-bond acceptors (Lipinski definition) is 10. The van der Waals surface area contributed by atoms with E-state index in [1.165, 1.54) is 12.0 Å². The van der Waals surface area contributed by atoms with Crippen molar-refractivity contribution < 1.29 is 32.9 Å². The highest BCUT2D eigenvalue weighted by atomic mass is 19.4. The summed E-state index contributed by atoms with van der Waals surface area (Å²) in [7, 11) is 1.47. The Morgan fingerprint density at radius 1 is 0.977 bits per heavy atom. The number of anilines is 3. The van der Waals surface area contributed by atoms with Gasteiger partial charge in [-0.1, -0.05) is 0 Å². The van der Waals surface area contributed by atoms with Gasteiger partial charge in [0, 0.05) is 61.1 Å². The first-order valence-corrected chi connectivity index (χ1v) is 14.1. The van der Waals surface area contributed by atoms with Crippen LogP contribution in [0.5, 0.6) is 6.01 Å². The number of rotatable bonds is 7. The molecule has 1 saturated carbocycles. The highest BCUT2D eigenvalue weighted by Crippen LogP contribution is 2.37. The number of alkyl halides is 3. The molecule has 5 rings (SSSR count). The summed E-state index contributed by atoms with van der Waals surface area (Å²) in [5.41, 5.74) is 0.514. The number of carbonyl (C=O) groups is 1. The normalized spacial score (nSPS) is 21.1. The number of aliphatic hydroxyl groups is 1. The number of halogens is 3. The Labute approximate surface area is 246 Å². The molecule has 3 aromatic heterocycles. The van der Waals surface area contributed by atoms with Crippen molar-refractivity contribution in [3.63, 3.8) is 0 Å². The average Bonchev–Trinajstić information content (AvgIpc) is 3.22. The third kappa shape index (κ3) is 7.21. The fraction of sp³-hybridized carbons (Fsp3) is 0.500. The van der Waals surface area contributed by atoms with Crippen LogP contribution in [0.2, 0.25) is 0 Å². The van der Waals surface area contributed by atoms with E-state index < -0.39 is 23.9 Å². The maximum Gasteiger partial charge on any atom is 0.421 e. The van der Waals surface area contributed by atoms with E-state index in [2.05, 4.69) is 30.2 Å². The van der Waals surface area contributed by atoms with Crippen molar-refractivity contribution in [2.24, 2.45) is 0 Å². The molecule has 1 unspecified atom stereocenters. The molecule has 0 aromatic carbocycles. The molecule has 2 aliphatic rings. The van der Waals surface area contributed by atoms with E-state index in [9.17, 15) is 28.2 Å². The van der Waals surface area contributed by atoms with E-state index in [0.717, 1.165) is 11.8 Å². The van der Waals surface area contributed by atoms with Crippen LogP contribution in [-0.4, -0.2) is 79.6 Å². The third-order valence-corrected chi connectivity index (χ3v) is 7.81. The molecular weight excluding hydrogens is 569 g/mol. The molecule has 4 heterocycles. The van der Waals surface area contributed by atoms with Gasteiger partial charge in [-0.25, -0.2) is 24.7 Å². The summed E-state index contributed by atoms with van der Waals surface area (Å²) in [5, 5.41) is 23.1. The topological polar surface area (TPSA) is 150 Å². The fourth-order valence-electron chi connectivity index (χ4n) is 5.55. The zero-order chi connectivity index (χ0) is 30.6. The number of hydrogen-bond donors (Lipinski definition) is 3. The molecule has 1 saturated heterocycles. The van der Waals surface area contributed by atoms with Crippen LogP contribution in [-0.2, 0) is 6.18 Å². The minimum atomic E-state index is -4.62. The van der Waals surface area contributed by atoms with E-state index in [1.54, 1.807) is 35.6 Å². The summed E-state index contributed by atoms with van der Waals surface area (Å²) in [6.07, 6.45) is 2.86. The van der Waals surface area contributed by atoms with Crippen LogP contribution in [0.4, 0.5) is 35.5 Å². The van der Waals surface area contributed by atoms with Crippen LogP contribution in [0, 0.1) is 0 Å². The molecule has 2 fully saturated rings. The Bertz CT molecular complexity index is 1390. The predicted octanol–water partition coefficient (Wildman–Crippen LogP) is 4.61. The summed E-state index contributed by atoms with van der Waals surface area (Å²) < 4.78 is 46.3. The monoisotopic (exact) mass is 602 g/mol. The van der Waals surface area contributed by atoms with Crippen molar-refractivity contribution in [1.29, 1.82) is 0 Å². The number of carboxylic acid groups (broad SMARTS) is 1. The molecule has 0 bridgehead atoms. The molecule has 1 amide bonds. The van der Waals surface area contributed by atoms with Gasteiger partial charge in [0.2, 0.25) is 5.95 Å². The lowest BCUT2D eigenvalue weighted by Gasteiger charge is -2.35. The lowest BCUT2D eigenvalue weighted by Crippen LogP contribution is -2.44. The van der Waals surface area contributed by atoms with Crippen LogP contribution in [0.25, 0.3) is 11.1 Å². The molecule has 3 N–H and O–H groups in total. The summed E-state index contributed by atoms with van der Waals surface area (Å²) in [5.74, 6) is 0.187. The molecule has 1 aliphatic carbocycles. The quantitative estimate of drug-likeness (QED) is 0.348. The maximum atomic E-state index is 13.8. The second-order valence-electron chi connectivity index (χ2n) is 10.7.